The molecule has 21 heavy (non-hydrogen) atoms. The fourth-order valence-electron chi connectivity index (χ4n) is 1.94. The summed E-state index contributed by atoms with van der Waals surface area (Å²) in [4.78, 5) is 23.9. The highest BCUT2D eigenvalue weighted by Gasteiger charge is 2.20. The first kappa shape index (κ1) is 17.8. The van der Waals surface area contributed by atoms with Crippen LogP contribution in [0.5, 0.6) is 0 Å². The molecule has 1 aromatic heterocycles. The number of carbonyl (C=O) groups excluding carboxylic acids is 1. The summed E-state index contributed by atoms with van der Waals surface area (Å²) in [5, 5.41) is 14.5. The number of hydrogen-bond acceptors (Lipinski definition) is 3. The zero-order valence-electron chi connectivity index (χ0n) is 12.4. The summed E-state index contributed by atoms with van der Waals surface area (Å²) in [7, 11) is 0. The first-order chi connectivity index (χ1) is 9.79. The molecule has 1 aromatic rings. The summed E-state index contributed by atoms with van der Waals surface area (Å²) in [6.45, 7) is 5.89. The molecule has 0 aliphatic heterocycles. The van der Waals surface area contributed by atoms with E-state index < -0.39 is 11.9 Å². The normalized spacial score (nSPS) is 13.8. The van der Waals surface area contributed by atoms with E-state index in [1.807, 2.05) is 26.8 Å². The Labute approximate surface area is 133 Å². The van der Waals surface area contributed by atoms with Crippen LogP contribution in [0.2, 0.25) is 4.34 Å². The van der Waals surface area contributed by atoms with Crippen LogP contribution in [0.4, 0.5) is 4.79 Å². The predicted molar refractivity (Wildman–Crippen MR) is 84.9 cm³/mol. The van der Waals surface area contributed by atoms with E-state index in [9.17, 15) is 9.59 Å². The number of carboxylic acid groups (broad SMARTS) is 1. The molecular formula is C14H21ClN2O3S. The van der Waals surface area contributed by atoms with Crippen molar-refractivity contribution in [3.05, 3.63) is 21.3 Å². The third kappa shape index (κ3) is 6.35. The molecule has 2 atom stereocenters. The number of thiophene rings is 1. The van der Waals surface area contributed by atoms with Gasteiger partial charge in [0, 0.05) is 11.4 Å². The van der Waals surface area contributed by atoms with Crippen LogP contribution in [-0.2, 0) is 4.79 Å². The Hall–Kier alpha value is -1.27. The molecule has 0 spiro atoms. The number of amides is 2. The van der Waals surface area contributed by atoms with Gasteiger partial charge < -0.3 is 15.7 Å². The highest BCUT2D eigenvalue weighted by atomic mass is 35.5. The highest BCUT2D eigenvalue weighted by Crippen LogP contribution is 2.26. The third-order valence-corrected chi connectivity index (χ3v) is 4.40. The first-order valence-corrected chi connectivity index (χ1v) is 8.01. The van der Waals surface area contributed by atoms with Crippen molar-refractivity contribution < 1.29 is 14.7 Å². The quantitative estimate of drug-likeness (QED) is 0.715. The zero-order chi connectivity index (χ0) is 16.0. The molecule has 3 N–H and O–H groups in total. The van der Waals surface area contributed by atoms with Crippen molar-refractivity contribution in [2.24, 2.45) is 11.8 Å². The van der Waals surface area contributed by atoms with Gasteiger partial charge in [-0.05, 0) is 31.4 Å². The van der Waals surface area contributed by atoms with Crippen LogP contribution in [0.1, 0.15) is 38.1 Å². The first-order valence-electron chi connectivity index (χ1n) is 6.82. The molecule has 0 bridgehead atoms. The van der Waals surface area contributed by atoms with E-state index in [1.54, 1.807) is 6.07 Å². The maximum Gasteiger partial charge on any atom is 0.315 e. The van der Waals surface area contributed by atoms with Gasteiger partial charge in [0.2, 0.25) is 0 Å². The molecule has 0 aliphatic rings. The Bertz CT molecular complexity index is 490. The van der Waals surface area contributed by atoms with E-state index >= 15 is 0 Å². The predicted octanol–water partition coefficient (Wildman–Crippen LogP) is 3.51. The number of hydrogen-bond donors (Lipinski definition) is 3. The van der Waals surface area contributed by atoms with Gasteiger partial charge in [0.15, 0.2) is 0 Å². The number of carboxylic acids is 1. The Morgan fingerprint density at radius 3 is 2.48 bits per heavy atom. The summed E-state index contributed by atoms with van der Waals surface area (Å²) in [6, 6.07) is 3.09. The lowest BCUT2D eigenvalue weighted by Crippen LogP contribution is -2.41. The van der Waals surface area contributed by atoms with Crippen LogP contribution in [-0.4, -0.2) is 23.7 Å². The van der Waals surface area contributed by atoms with Gasteiger partial charge in [0.05, 0.1) is 16.3 Å². The van der Waals surface area contributed by atoms with Crippen molar-refractivity contribution >= 4 is 34.9 Å². The fraction of sp³-hybridized carbons (Fsp3) is 0.571. The second-order valence-corrected chi connectivity index (χ2v) is 7.13. The van der Waals surface area contributed by atoms with Crippen LogP contribution in [0, 0.1) is 11.8 Å². The zero-order valence-corrected chi connectivity index (χ0v) is 13.9. The minimum atomic E-state index is -0.887. The average molecular weight is 333 g/mol. The summed E-state index contributed by atoms with van der Waals surface area (Å²) < 4.78 is 0.668. The lowest BCUT2D eigenvalue weighted by Gasteiger charge is -2.17. The van der Waals surface area contributed by atoms with Crippen molar-refractivity contribution in [2.45, 2.75) is 33.2 Å². The molecule has 118 valence electrons. The van der Waals surface area contributed by atoms with Gasteiger partial charge in [0.1, 0.15) is 0 Å². The Morgan fingerprint density at radius 2 is 2.00 bits per heavy atom. The van der Waals surface area contributed by atoms with E-state index in [0.29, 0.717) is 10.8 Å². The molecule has 5 nitrogen and oxygen atoms in total. The van der Waals surface area contributed by atoms with E-state index in [0.717, 1.165) is 4.88 Å². The third-order valence-electron chi connectivity index (χ3n) is 2.98. The smallest absolute Gasteiger partial charge is 0.315 e. The fourth-order valence-corrected chi connectivity index (χ4v) is 3.00. The van der Waals surface area contributed by atoms with Gasteiger partial charge in [-0.2, -0.15) is 0 Å². The number of aliphatic carboxylic acids is 1. The molecule has 0 fully saturated rings. The second-order valence-electron chi connectivity index (χ2n) is 5.38. The molecule has 0 aromatic carbocycles. The summed E-state index contributed by atoms with van der Waals surface area (Å²) >= 11 is 7.26. The standard InChI is InChI=1S/C14H21ClN2O3S/c1-8(2)6-10(13(18)19)7-16-14(20)17-9(3)11-4-5-12(15)21-11/h4-5,8-10H,6-7H2,1-3H3,(H,18,19)(H2,16,17,20). The van der Waals surface area contributed by atoms with Crippen LogP contribution in [0.3, 0.4) is 0 Å². The van der Waals surface area contributed by atoms with Gasteiger partial charge in [-0.1, -0.05) is 25.4 Å². The molecule has 1 rings (SSSR count). The van der Waals surface area contributed by atoms with E-state index in [-0.39, 0.29) is 24.5 Å². The Balaban J connectivity index is 2.44. The largest absolute Gasteiger partial charge is 0.481 e. The summed E-state index contributed by atoms with van der Waals surface area (Å²) in [5.74, 6) is -1.19. The Kier molecular flexibility index (Phi) is 6.98. The van der Waals surface area contributed by atoms with Crippen molar-refractivity contribution in [3.8, 4) is 0 Å². The van der Waals surface area contributed by atoms with Crippen molar-refractivity contribution in [3.63, 3.8) is 0 Å². The minimum Gasteiger partial charge on any atom is -0.481 e. The lowest BCUT2D eigenvalue weighted by molar-refractivity contribution is -0.142. The van der Waals surface area contributed by atoms with Crippen molar-refractivity contribution in [2.75, 3.05) is 6.54 Å². The van der Waals surface area contributed by atoms with Crippen LogP contribution < -0.4 is 10.6 Å². The molecule has 2 amide bonds. The second kappa shape index (κ2) is 8.24. The highest BCUT2D eigenvalue weighted by molar-refractivity contribution is 7.16. The summed E-state index contributed by atoms with van der Waals surface area (Å²) in [6.07, 6.45) is 0.533. The van der Waals surface area contributed by atoms with Gasteiger partial charge in [-0.25, -0.2) is 4.79 Å². The van der Waals surface area contributed by atoms with Crippen molar-refractivity contribution in [1.29, 1.82) is 0 Å². The number of nitrogens with one attached hydrogen (secondary N) is 2. The molecule has 7 heteroatoms. The monoisotopic (exact) mass is 332 g/mol. The minimum absolute atomic E-state index is 0.122. The summed E-state index contributed by atoms with van der Waals surface area (Å²) in [5.41, 5.74) is 0. The number of halogens is 1. The van der Waals surface area contributed by atoms with Gasteiger partial charge >= 0.3 is 12.0 Å². The van der Waals surface area contributed by atoms with E-state index in [2.05, 4.69) is 10.6 Å². The maximum atomic E-state index is 11.8. The topological polar surface area (TPSA) is 78.4 Å². The number of rotatable bonds is 7. The number of carbonyl (C=O) groups is 2. The molecule has 0 radical (unpaired) electrons. The van der Waals surface area contributed by atoms with E-state index in [1.165, 1.54) is 11.3 Å². The lowest BCUT2D eigenvalue weighted by atomic mass is 9.97. The van der Waals surface area contributed by atoms with Crippen LogP contribution >= 0.6 is 22.9 Å². The molecule has 0 aliphatic carbocycles. The SMILES string of the molecule is CC(C)CC(CNC(=O)NC(C)c1ccc(Cl)s1)C(=O)O. The molecule has 1 heterocycles. The van der Waals surface area contributed by atoms with Gasteiger partial charge in [-0.3, -0.25) is 4.79 Å². The molecule has 0 saturated carbocycles. The average Bonchev–Trinajstić information content (AvgIpc) is 2.80. The molecular weight excluding hydrogens is 312 g/mol. The maximum absolute atomic E-state index is 11.8. The van der Waals surface area contributed by atoms with Gasteiger partial charge in [0.25, 0.3) is 0 Å². The van der Waals surface area contributed by atoms with Gasteiger partial charge in [-0.15, -0.1) is 11.3 Å². The molecule has 2 unspecified atom stereocenters. The van der Waals surface area contributed by atoms with Crippen LogP contribution in [0.15, 0.2) is 12.1 Å². The number of urea groups is 1. The van der Waals surface area contributed by atoms with Crippen molar-refractivity contribution in [1.82, 2.24) is 10.6 Å². The van der Waals surface area contributed by atoms with Crippen LogP contribution in [0.25, 0.3) is 0 Å². The molecule has 0 saturated heterocycles. The Morgan fingerprint density at radius 1 is 1.33 bits per heavy atom. The van der Waals surface area contributed by atoms with E-state index in [4.69, 9.17) is 16.7 Å².